The number of carbonyl (C=O) groups is 1. The second-order valence-electron chi connectivity index (χ2n) is 7.64. The number of amides is 2. The lowest BCUT2D eigenvalue weighted by Crippen LogP contribution is -2.46. The fourth-order valence-corrected chi connectivity index (χ4v) is 3.59. The molecule has 29 heavy (non-hydrogen) atoms. The SMILES string of the molecule is CNc1ccc(-c2ccccc2)c2ncc(NC(=O)N3CCC(C)(O)CC3)nc12. The summed E-state index contributed by atoms with van der Waals surface area (Å²) in [5, 5.41) is 16.1. The van der Waals surface area contributed by atoms with E-state index in [0.717, 1.165) is 22.3 Å². The molecule has 2 amide bonds. The number of piperidine rings is 1. The van der Waals surface area contributed by atoms with Gasteiger partial charge in [0, 0.05) is 25.7 Å². The summed E-state index contributed by atoms with van der Waals surface area (Å²) in [6, 6.07) is 13.8. The van der Waals surface area contributed by atoms with Crippen LogP contribution in [0.1, 0.15) is 19.8 Å². The molecule has 2 aromatic carbocycles. The zero-order chi connectivity index (χ0) is 20.4. The van der Waals surface area contributed by atoms with Gasteiger partial charge in [0.05, 0.1) is 23.0 Å². The average Bonchev–Trinajstić information content (AvgIpc) is 2.73. The van der Waals surface area contributed by atoms with Gasteiger partial charge in [-0.05, 0) is 37.5 Å². The van der Waals surface area contributed by atoms with Crippen LogP contribution in [0.5, 0.6) is 0 Å². The van der Waals surface area contributed by atoms with E-state index in [9.17, 15) is 9.90 Å². The highest BCUT2D eigenvalue weighted by Gasteiger charge is 2.29. The number of aromatic nitrogens is 2. The predicted molar refractivity (Wildman–Crippen MR) is 115 cm³/mol. The van der Waals surface area contributed by atoms with E-state index in [4.69, 9.17) is 0 Å². The molecule has 0 unspecified atom stereocenters. The summed E-state index contributed by atoms with van der Waals surface area (Å²) in [5.41, 5.74) is 3.67. The quantitative estimate of drug-likeness (QED) is 0.633. The fraction of sp³-hybridized carbons (Fsp3) is 0.318. The maximum absolute atomic E-state index is 12.6. The van der Waals surface area contributed by atoms with Gasteiger partial charge in [-0.15, -0.1) is 0 Å². The molecule has 150 valence electrons. The van der Waals surface area contributed by atoms with E-state index >= 15 is 0 Å². The number of benzene rings is 2. The van der Waals surface area contributed by atoms with Crippen LogP contribution in [0.3, 0.4) is 0 Å². The van der Waals surface area contributed by atoms with Gasteiger partial charge in [-0.2, -0.15) is 0 Å². The highest BCUT2D eigenvalue weighted by atomic mass is 16.3. The van der Waals surface area contributed by atoms with Crippen LogP contribution < -0.4 is 10.6 Å². The van der Waals surface area contributed by atoms with Gasteiger partial charge in [0.25, 0.3) is 0 Å². The van der Waals surface area contributed by atoms with Gasteiger partial charge in [0.1, 0.15) is 5.52 Å². The number of nitrogens with zero attached hydrogens (tertiary/aromatic N) is 3. The third-order valence-corrected chi connectivity index (χ3v) is 5.42. The van der Waals surface area contributed by atoms with Crippen LogP contribution >= 0.6 is 0 Å². The number of anilines is 2. The highest BCUT2D eigenvalue weighted by molar-refractivity contribution is 5.99. The summed E-state index contributed by atoms with van der Waals surface area (Å²) < 4.78 is 0. The number of aliphatic hydroxyl groups is 1. The van der Waals surface area contributed by atoms with Gasteiger partial charge >= 0.3 is 6.03 Å². The van der Waals surface area contributed by atoms with Crippen molar-refractivity contribution in [1.29, 1.82) is 0 Å². The summed E-state index contributed by atoms with van der Waals surface area (Å²) in [7, 11) is 1.84. The molecule has 1 aliphatic rings. The van der Waals surface area contributed by atoms with Crippen LogP contribution in [0.25, 0.3) is 22.2 Å². The topological polar surface area (TPSA) is 90.4 Å². The largest absolute Gasteiger partial charge is 0.390 e. The summed E-state index contributed by atoms with van der Waals surface area (Å²) in [6.07, 6.45) is 2.72. The normalized spacial score (nSPS) is 15.9. The van der Waals surface area contributed by atoms with Crippen molar-refractivity contribution < 1.29 is 9.90 Å². The van der Waals surface area contributed by atoms with E-state index < -0.39 is 5.60 Å². The van der Waals surface area contributed by atoms with Gasteiger partial charge in [-0.3, -0.25) is 10.3 Å². The Balaban J connectivity index is 1.63. The lowest BCUT2D eigenvalue weighted by atomic mass is 9.94. The number of hydrogen-bond acceptors (Lipinski definition) is 5. The Morgan fingerprint density at radius 2 is 1.83 bits per heavy atom. The molecule has 0 spiro atoms. The molecule has 1 fully saturated rings. The molecular weight excluding hydrogens is 366 g/mol. The molecule has 0 atom stereocenters. The lowest BCUT2D eigenvalue weighted by Gasteiger charge is -2.35. The van der Waals surface area contributed by atoms with Crippen LogP contribution in [-0.4, -0.2) is 51.7 Å². The van der Waals surface area contributed by atoms with Crippen LogP contribution in [0, 0.1) is 0 Å². The van der Waals surface area contributed by atoms with E-state index in [1.54, 1.807) is 18.0 Å². The molecule has 1 aromatic heterocycles. The number of nitrogens with one attached hydrogen (secondary N) is 2. The number of carbonyl (C=O) groups excluding carboxylic acids is 1. The number of urea groups is 1. The second-order valence-corrected chi connectivity index (χ2v) is 7.64. The summed E-state index contributed by atoms with van der Waals surface area (Å²) in [5.74, 6) is 0.404. The number of fused-ring (bicyclic) bond motifs is 1. The van der Waals surface area contributed by atoms with Crippen LogP contribution in [0.2, 0.25) is 0 Å². The standard InChI is InChI=1S/C22H25N5O2/c1-22(29)10-12-27(13-11-22)21(28)26-18-14-24-19-16(15-6-4-3-5-7-15)8-9-17(23-2)20(19)25-18/h3-9,14,23,29H,10-13H2,1-2H3,(H,25,26,28). The fourth-order valence-electron chi connectivity index (χ4n) is 3.59. The van der Waals surface area contributed by atoms with E-state index in [1.165, 1.54) is 0 Å². The second kappa shape index (κ2) is 7.67. The van der Waals surface area contributed by atoms with Gasteiger partial charge in [0.15, 0.2) is 5.82 Å². The number of rotatable bonds is 3. The Kier molecular flexibility index (Phi) is 5.07. The number of likely N-dealkylation sites (tertiary alicyclic amines) is 1. The third kappa shape index (κ3) is 4.00. The molecule has 3 aromatic rings. The molecule has 7 heteroatoms. The van der Waals surface area contributed by atoms with Gasteiger partial charge in [-0.1, -0.05) is 30.3 Å². The van der Waals surface area contributed by atoms with Crippen molar-refractivity contribution in [1.82, 2.24) is 14.9 Å². The predicted octanol–water partition coefficient (Wildman–Crippen LogP) is 3.72. The minimum absolute atomic E-state index is 0.223. The van der Waals surface area contributed by atoms with Gasteiger partial charge in [0.2, 0.25) is 0 Å². The molecule has 1 aliphatic heterocycles. The van der Waals surface area contributed by atoms with E-state index in [1.807, 2.05) is 49.5 Å². The van der Waals surface area contributed by atoms with Crippen LogP contribution in [-0.2, 0) is 0 Å². The molecule has 7 nitrogen and oxygen atoms in total. The van der Waals surface area contributed by atoms with Crippen LogP contribution in [0.15, 0.2) is 48.7 Å². The minimum Gasteiger partial charge on any atom is -0.390 e. The van der Waals surface area contributed by atoms with Crippen molar-refractivity contribution in [2.24, 2.45) is 0 Å². The molecule has 2 heterocycles. The van der Waals surface area contributed by atoms with Gasteiger partial charge < -0.3 is 15.3 Å². The lowest BCUT2D eigenvalue weighted by molar-refractivity contribution is 0.00569. The molecule has 0 radical (unpaired) electrons. The van der Waals surface area contributed by atoms with Crippen molar-refractivity contribution >= 4 is 28.6 Å². The first-order valence-corrected chi connectivity index (χ1v) is 9.78. The molecule has 0 bridgehead atoms. The molecule has 0 aliphatic carbocycles. The van der Waals surface area contributed by atoms with Crippen molar-refractivity contribution in [3.8, 4) is 11.1 Å². The van der Waals surface area contributed by atoms with E-state index in [2.05, 4.69) is 20.6 Å². The maximum atomic E-state index is 12.6. The monoisotopic (exact) mass is 391 g/mol. The first kappa shape index (κ1) is 19.1. The zero-order valence-corrected chi connectivity index (χ0v) is 16.6. The summed E-state index contributed by atoms with van der Waals surface area (Å²) >= 11 is 0. The van der Waals surface area contributed by atoms with Crippen molar-refractivity contribution in [2.45, 2.75) is 25.4 Å². The minimum atomic E-state index is -0.699. The van der Waals surface area contributed by atoms with Crippen molar-refractivity contribution in [2.75, 3.05) is 30.8 Å². The Morgan fingerprint density at radius 1 is 1.10 bits per heavy atom. The smallest absolute Gasteiger partial charge is 0.323 e. The maximum Gasteiger partial charge on any atom is 0.323 e. The number of hydrogen-bond donors (Lipinski definition) is 3. The molecule has 4 rings (SSSR count). The van der Waals surface area contributed by atoms with Gasteiger partial charge in [-0.25, -0.2) is 9.78 Å². The first-order chi connectivity index (χ1) is 14.0. The molecule has 3 N–H and O–H groups in total. The highest BCUT2D eigenvalue weighted by Crippen LogP contribution is 2.31. The summed E-state index contributed by atoms with van der Waals surface area (Å²) in [4.78, 5) is 23.6. The third-order valence-electron chi connectivity index (χ3n) is 5.42. The Morgan fingerprint density at radius 3 is 2.52 bits per heavy atom. The van der Waals surface area contributed by atoms with Crippen molar-refractivity contribution in [3.63, 3.8) is 0 Å². The summed E-state index contributed by atoms with van der Waals surface area (Å²) in [6.45, 7) is 2.83. The average molecular weight is 391 g/mol. The van der Waals surface area contributed by atoms with E-state index in [-0.39, 0.29) is 6.03 Å². The Labute approximate surface area is 169 Å². The Hall–Kier alpha value is -3.19. The van der Waals surface area contributed by atoms with E-state index in [0.29, 0.717) is 37.3 Å². The molecule has 1 saturated heterocycles. The van der Waals surface area contributed by atoms with Crippen LogP contribution in [0.4, 0.5) is 16.3 Å². The first-order valence-electron chi connectivity index (χ1n) is 9.78. The zero-order valence-electron chi connectivity index (χ0n) is 16.6. The molecule has 0 saturated carbocycles. The molecular formula is C22H25N5O2. The Bertz CT molecular complexity index is 1030. The van der Waals surface area contributed by atoms with Crippen molar-refractivity contribution in [3.05, 3.63) is 48.7 Å².